The van der Waals surface area contributed by atoms with E-state index >= 15 is 0 Å². The molecule has 0 bridgehead atoms. The predicted molar refractivity (Wildman–Crippen MR) is 62.9 cm³/mol. The van der Waals surface area contributed by atoms with Gasteiger partial charge in [-0.05, 0) is 29.9 Å². The maximum atomic E-state index is 11.3. The average molecular weight is 209 g/mol. The SMILES string of the molecule is CCc1cccc(NC(=O)CCS)c1. The first-order valence-corrected chi connectivity index (χ1v) is 5.39. The van der Waals surface area contributed by atoms with E-state index in [2.05, 4.69) is 24.9 Å². The van der Waals surface area contributed by atoms with Crippen LogP contribution in [0.25, 0.3) is 0 Å². The molecule has 0 aliphatic heterocycles. The van der Waals surface area contributed by atoms with Crippen LogP contribution in [0, 0.1) is 0 Å². The number of hydrogen-bond acceptors (Lipinski definition) is 2. The van der Waals surface area contributed by atoms with Crippen LogP contribution in [-0.2, 0) is 11.2 Å². The molecular weight excluding hydrogens is 194 g/mol. The summed E-state index contributed by atoms with van der Waals surface area (Å²) in [6, 6.07) is 7.90. The first kappa shape index (κ1) is 11.1. The van der Waals surface area contributed by atoms with Gasteiger partial charge >= 0.3 is 0 Å². The van der Waals surface area contributed by atoms with Crippen molar-refractivity contribution >= 4 is 24.2 Å². The minimum Gasteiger partial charge on any atom is -0.326 e. The molecule has 76 valence electrons. The minimum atomic E-state index is 0.0215. The van der Waals surface area contributed by atoms with Gasteiger partial charge in [0, 0.05) is 12.1 Å². The van der Waals surface area contributed by atoms with E-state index in [4.69, 9.17) is 0 Å². The Kier molecular flexibility index (Phi) is 4.53. The second-order valence-electron chi connectivity index (χ2n) is 3.08. The number of nitrogens with one attached hydrogen (secondary N) is 1. The molecule has 3 heteroatoms. The highest BCUT2D eigenvalue weighted by Crippen LogP contribution is 2.11. The Bertz CT molecular complexity index is 312. The summed E-state index contributed by atoms with van der Waals surface area (Å²) in [6.07, 6.45) is 1.44. The Balaban J connectivity index is 2.62. The molecule has 0 atom stereocenters. The molecule has 0 radical (unpaired) electrons. The monoisotopic (exact) mass is 209 g/mol. The summed E-state index contributed by atoms with van der Waals surface area (Å²) in [7, 11) is 0. The molecule has 0 aliphatic rings. The lowest BCUT2D eigenvalue weighted by atomic mass is 10.1. The van der Waals surface area contributed by atoms with Crippen molar-refractivity contribution in [2.45, 2.75) is 19.8 Å². The zero-order valence-electron chi connectivity index (χ0n) is 8.29. The van der Waals surface area contributed by atoms with Crippen LogP contribution in [0.15, 0.2) is 24.3 Å². The maximum absolute atomic E-state index is 11.3. The molecule has 14 heavy (non-hydrogen) atoms. The van der Waals surface area contributed by atoms with E-state index < -0.39 is 0 Å². The molecule has 0 aromatic heterocycles. The zero-order valence-corrected chi connectivity index (χ0v) is 9.18. The van der Waals surface area contributed by atoms with Gasteiger partial charge in [-0.1, -0.05) is 19.1 Å². The number of carbonyl (C=O) groups excluding carboxylic acids is 1. The lowest BCUT2D eigenvalue weighted by Gasteiger charge is -2.05. The normalized spacial score (nSPS) is 9.86. The number of rotatable bonds is 4. The highest BCUT2D eigenvalue weighted by atomic mass is 32.1. The number of anilines is 1. The number of benzene rings is 1. The highest BCUT2D eigenvalue weighted by molar-refractivity contribution is 7.80. The number of thiol groups is 1. The molecule has 1 rings (SSSR count). The van der Waals surface area contributed by atoms with E-state index in [1.807, 2.05) is 24.3 Å². The third-order valence-corrected chi connectivity index (χ3v) is 2.18. The van der Waals surface area contributed by atoms with Crippen LogP contribution < -0.4 is 5.32 Å². The predicted octanol–water partition coefficient (Wildman–Crippen LogP) is 2.51. The molecule has 0 saturated heterocycles. The molecular formula is C11H15NOS. The molecule has 1 aromatic rings. The summed E-state index contributed by atoms with van der Waals surface area (Å²) >= 11 is 4.00. The standard InChI is InChI=1S/C11H15NOS/c1-2-9-4-3-5-10(8-9)12-11(13)6-7-14/h3-5,8,14H,2,6-7H2,1H3,(H,12,13). The first-order chi connectivity index (χ1) is 6.76. The van der Waals surface area contributed by atoms with Crippen molar-refractivity contribution in [1.29, 1.82) is 0 Å². The molecule has 0 heterocycles. The van der Waals surface area contributed by atoms with E-state index in [-0.39, 0.29) is 5.91 Å². The van der Waals surface area contributed by atoms with Crippen molar-refractivity contribution in [3.8, 4) is 0 Å². The van der Waals surface area contributed by atoms with Gasteiger partial charge in [0.15, 0.2) is 0 Å². The van der Waals surface area contributed by atoms with Crippen LogP contribution in [-0.4, -0.2) is 11.7 Å². The second kappa shape index (κ2) is 5.70. The van der Waals surface area contributed by atoms with E-state index in [9.17, 15) is 4.79 Å². The number of carbonyl (C=O) groups is 1. The fourth-order valence-electron chi connectivity index (χ4n) is 1.19. The van der Waals surface area contributed by atoms with Gasteiger partial charge in [0.05, 0.1) is 0 Å². The zero-order chi connectivity index (χ0) is 10.4. The number of hydrogen-bond donors (Lipinski definition) is 2. The lowest BCUT2D eigenvalue weighted by Crippen LogP contribution is -2.11. The highest BCUT2D eigenvalue weighted by Gasteiger charge is 2.00. The van der Waals surface area contributed by atoms with Crippen LogP contribution in [0.4, 0.5) is 5.69 Å². The van der Waals surface area contributed by atoms with Gasteiger partial charge in [0.2, 0.25) is 5.91 Å². The Hall–Kier alpha value is -0.960. The van der Waals surface area contributed by atoms with Crippen molar-refractivity contribution in [2.75, 3.05) is 11.1 Å². The lowest BCUT2D eigenvalue weighted by molar-refractivity contribution is -0.115. The van der Waals surface area contributed by atoms with E-state index in [0.717, 1.165) is 12.1 Å². The largest absolute Gasteiger partial charge is 0.326 e. The number of amides is 1. The van der Waals surface area contributed by atoms with Crippen LogP contribution in [0.2, 0.25) is 0 Å². The summed E-state index contributed by atoms with van der Waals surface area (Å²) in [5.74, 6) is 0.604. The minimum absolute atomic E-state index is 0.0215. The summed E-state index contributed by atoms with van der Waals surface area (Å²) in [4.78, 5) is 11.3. The van der Waals surface area contributed by atoms with Gasteiger partial charge in [-0.3, -0.25) is 4.79 Å². The maximum Gasteiger partial charge on any atom is 0.225 e. The quantitative estimate of drug-likeness (QED) is 0.733. The molecule has 0 fully saturated rings. The van der Waals surface area contributed by atoms with Crippen molar-refractivity contribution < 1.29 is 4.79 Å². The fourth-order valence-corrected chi connectivity index (χ4v) is 1.40. The summed E-state index contributed by atoms with van der Waals surface area (Å²) in [6.45, 7) is 2.09. The molecule has 2 nitrogen and oxygen atoms in total. The second-order valence-corrected chi connectivity index (χ2v) is 3.52. The Morgan fingerprint density at radius 1 is 1.50 bits per heavy atom. The smallest absolute Gasteiger partial charge is 0.225 e. The first-order valence-electron chi connectivity index (χ1n) is 4.76. The van der Waals surface area contributed by atoms with Crippen LogP contribution in [0.5, 0.6) is 0 Å². The van der Waals surface area contributed by atoms with Gasteiger partial charge in [-0.25, -0.2) is 0 Å². The molecule has 1 N–H and O–H groups in total. The van der Waals surface area contributed by atoms with Gasteiger partial charge in [-0.15, -0.1) is 0 Å². The van der Waals surface area contributed by atoms with E-state index in [1.54, 1.807) is 0 Å². The van der Waals surface area contributed by atoms with Crippen molar-refractivity contribution in [1.82, 2.24) is 0 Å². The summed E-state index contributed by atoms with van der Waals surface area (Å²) in [5, 5.41) is 2.83. The molecule has 1 aromatic carbocycles. The van der Waals surface area contributed by atoms with Crippen LogP contribution in [0.3, 0.4) is 0 Å². The Morgan fingerprint density at radius 2 is 2.29 bits per heavy atom. The van der Waals surface area contributed by atoms with Crippen LogP contribution in [0.1, 0.15) is 18.9 Å². The van der Waals surface area contributed by atoms with Crippen molar-refractivity contribution in [3.05, 3.63) is 29.8 Å². The Labute approximate surface area is 90.1 Å². The van der Waals surface area contributed by atoms with Gasteiger partial charge in [0.1, 0.15) is 0 Å². The van der Waals surface area contributed by atoms with Crippen LogP contribution >= 0.6 is 12.6 Å². The van der Waals surface area contributed by atoms with E-state index in [0.29, 0.717) is 12.2 Å². The molecule has 0 aliphatic carbocycles. The van der Waals surface area contributed by atoms with E-state index in [1.165, 1.54) is 5.56 Å². The molecule has 1 amide bonds. The topological polar surface area (TPSA) is 29.1 Å². The van der Waals surface area contributed by atoms with Gasteiger partial charge < -0.3 is 5.32 Å². The average Bonchev–Trinajstić information content (AvgIpc) is 2.18. The summed E-state index contributed by atoms with van der Waals surface area (Å²) < 4.78 is 0. The van der Waals surface area contributed by atoms with Crippen molar-refractivity contribution in [3.63, 3.8) is 0 Å². The molecule has 0 spiro atoms. The van der Waals surface area contributed by atoms with Crippen molar-refractivity contribution in [2.24, 2.45) is 0 Å². The fraction of sp³-hybridized carbons (Fsp3) is 0.364. The summed E-state index contributed by atoms with van der Waals surface area (Å²) in [5.41, 5.74) is 2.10. The third kappa shape index (κ3) is 3.42. The Morgan fingerprint density at radius 3 is 2.93 bits per heavy atom. The molecule has 0 saturated carbocycles. The third-order valence-electron chi connectivity index (χ3n) is 1.96. The number of aryl methyl sites for hydroxylation is 1. The van der Waals surface area contributed by atoms with Gasteiger partial charge in [-0.2, -0.15) is 12.6 Å². The molecule has 0 unspecified atom stereocenters. The van der Waals surface area contributed by atoms with Gasteiger partial charge in [0.25, 0.3) is 0 Å².